The molecule has 1 amide bonds. The molecule has 2 aromatic carbocycles. The first kappa shape index (κ1) is 16.8. The van der Waals surface area contributed by atoms with E-state index in [-0.39, 0.29) is 11.4 Å². The van der Waals surface area contributed by atoms with Gasteiger partial charge in [0.15, 0.2) is 0 Å². The number of fused-ring (bicyclic) bond motifs is 1. The van der Waals surface area contributed by atoms with Gasteiger partial charge in [-0.15, -0.1) is 0 Å². The second-order valence-electron chi connectivity index (χ2n) is 7.26. The largest absolute Gasteiger partial charge is 0.345 e. The number of para-hydroxylation sites is 1. The number of hydrogen-bond donors (Lipinski definition) is 1. The maximum atomic E-state index is 12.8. The summed E-state index contributed by atoms with van der Waals surface area (Å²) >= 11 is 0. The van der Waals surface area contributed by atoms with Gasteiger partial charge in [-0.05, 0) is 38.1 Å². The summed E-state index contributed by atoms with van der Waals surface area (Å²) in [4.78, 5) is 15.2. The first-order chi connectivity index (χ1) is 12.7. The van der Waals surface area contributed by atoms with E-state index in [1.165, 1.54) is 0 Å². The molecule has 0 radical (unpaired) electrons. The summed E-state index contributed by atoms with van der Waals surface area (Å²) in [5, 5.41) is 9.06. The Morgan fingerprint density at radius 1 is 1.08 bits per heavy atom. The standard InChI is InChI=1S/C21H24N4O/c1-24-13-11-21(12-14-24,23-20(26)17-7-3-2-4-8-17)16-25-19-10-6-5-9-18(19)15-22-25/h2-10,15H,11-14,16H2,1H3,(H,23,26). The third kappa shape index (κ3) is 3.35. The number of piperidine rings is 1. The van der Waals surface area contributed by atoms with Gasteiger partial charge in [0.05, 0.1) is 23.8 Å². The lowest BCUT2D eigenvalue weighted by Crippen LogP contribution is -2.57. The van der Waals surface area contributed by atoms with Crippen molar-refractivity contribution in [1.82, 2.24) is 20.0 Å². The minimum atomic E-state index is -0.284. The van der Waals surface area contributed by atoms with Gasteiger partial charge in [0.2, 0.25) is 0 Å². The fraction of sp³-hybridized carbons (Fsp3) is 0.333. The highest BCUT2D eigenvalue weighted by molar-refractivity contribution is 5.94. The van der Waals surface area contributed by atoms with Crippen LogP contribution in [0.25, 0.3) is 10.9 Å². The van der Waals surface area contributed by atoms with Crippen molar-refractivity contribution in [1.29, 1.82) is 0 Å². The van der Waals surface area contributed by atoms with Crippen LogP contribution in [0.4, 0.5) is 0 Å². The van der Waals surface area contributed by atoms with Crippen molar-refractivity contribution < 1.29 is 4.79 Å². The summed E-state index contributed by atoms with van der Waals surface area (Å²) in [7, 11) is 2.13. The van der Waals surface area contributed by atoms with Gasteiger partial charge in [-0.2, -0.15) is 5.10 Å². The molecule has 5 nitrogen and oxygen atoms in total. The molecule has 0 bridgehead atoms. The zero-order valence-corrected chi connectivity index (χ0v) is 15.1. The van der Waals surface area contributed by atoms with Gasteiger partial charge in [-0.3, -0.25) is 9.48 Å². The number of nitrogens with one attached hydrogen (secondary N) is 1. The summed E-state index contributed by atoms with van der Waals surface area (Å²) in [6.45, 7) is 2.62. The molecule has 0 spiro atoms. The Bertz CT molecular complexity index is 895. The summed E-state index contributed by atoms with van der Waals surface area (Å²) in [5.41, 5.74) is 1.53. The van der Waals surface area contributed by atoms with Crippen LogP contribution in [-0.4, -0.2) is 46.3 Å². The number of aromatic nitrogens is 2. The summed E-state index contributed by atoms with van der Waals surface area (Å²) in [6.07, 6.45) is 3.73. The average Bonchev–Trinajstić information content (AvgIpc) is 3.08. The molecule has 1 aliphatic heterocycles. The molecule has 1 saturated heterocycles. The van der Waals surface area contributed by atoms with E-state index in [4.69, 9.17) is 0 Å². The Labute approximate surface area is 153 Å². The van der Waals surface area contributed by atoms with Gasteiger partial charge >= 0.3 is 0 Å². The molecule has 0 saturated carbocycles. The van der Waals surface area contributed by atoms with E-state index in [2.05, 4.69) is 34.5 Å². The SMILES string of the molecule is CN1CCC(Cn2ncc3ccccc32)(NC(=O)c2ccccc2)CC1. The van der Waals surface area contributed by atoms with Crippen LogP contribution in [0.15, 0.2) is 60.8 Å². The molecule has 0 aliphatic carbocycles. The topological polar surface area (TPSA) is 50.2 Å². The second-order valence-corrected chi connectivity index (χ2v) is 7.26. The zero-order chi connectivity index (χ0) is 18.0. The molecule has 26 heavy (non-hydrogen) atoms. The van der Waals surface area contributed by atoms with E-state index in [9.17, 15) is 4.79 Å². The predicted molar refractivity (Wildman–Crippen MR) is 103 cm³/mol. The number of benzene rings is 2. The molecule has 3 aromatic rings. The van der Waals surface area contributed by atoms with E-state index in [1.54, 1.807) is 0 Å². The third-order valence-electron chi connectivity index (χ3n) is 5.36. The van der Waals surface area contributed by atoms with Crippen molar-refractivity contribution >= 4 is 16.8 Å². The van der Waals surface area contributed by atoms with Crippen LogP contribution in [0.5, 0.6) is 0 Å². The molecule has 0 unspecified atom stereocenters. The molecular weight excluding hydrogens is 324 g/mol. The highest BCUT2D eigenvalue weighted by Crippen LogP contribution is 2.26. The molecule has 134 valence electrons. The highest BCUT2D eigenvalue weighted by Gasteiger charge is 2.36. The number of carbonyl (C=O) groups is 1. The summed E-state index contributed by atoms with van der Waals surface area (Å²) in [5.74, 6) is -0.00776. The Morgan fingerprint density at radius 3 is 2.54 bits per heavy atom. The van der Waals surface area contributed by atoms with Crippen LogP contribution >= 0.6 is 0 Å². The van der Waals surface area contributed by atoms with E-state index in [1.807, 2.05) is 53.3 Å². The van der Waals surface area contributed by atoms with Gasteiger partial charge in [0.25, 0.3) is 5.91 Å². The molecule has 1 fully saturated rings. The minimum Gasteiger partial charge on any atom is -0.345 e. The lowest BCUT2D eigenvalue weighted by molar-refractivity contribution is 0.0796. The van der Waals surface area contributed by atoms with Gasteiger partial charge in [-0.1, -0.05) is 36.4 Å². The first-order valence-corrected chi connectivity index (χ1v) is 9.12. The van der Waals surface area contributed by atoms with Crippen LogP contribution in [0.2, 0.25) is 0 Å². The summed E-state index contributed by atoms with van der Waals surface area (Å²) < 4.78 is 2.03. The van der Waals surface area contributed by atoms with E-state index >= 15 is 0 Å². The minimum absolute atomic E-state index is 0.00776. The monoisotopic (exact) mass is 348 g/mol. The molecule has 4 rings (SSSR count). The first-order valence-electron chi connectivity index (χ1n) is 9.12. The second kappa shape index (κ2) is 6.92. The van der Waals surface area contributed by atoms with Crippen LogP contribution in [-0.2, 0) is 6.54 Å². The predicted octanol–water partition coefficient (Wildman–Crippen LogP) is 2.93. The van der Waals surface area contributed by atoms with Crippen LogP contribution < -0.4 is 5.32 Å². The summed E-state index contributed by atoms with van der Waals surface area (Å²) in [6, 6.07) is 17.7. The Balaban J connectivity index is 1.62. The van der Waals surface area contributed by atoms with Crippen molar-refractivity contribution in [2.24, 2.45) is 0 Å². The zero-order valence-electron chi connectivity index (χ0n) is 15.1. The van der Waals surface area contributed by atoms with Gasteiger partial charge in [0.1, 0.15) is 0 Å². The highest BCUT2D eigenvalue weighted by atomic mass is 16.1. The Morgan fingerprint density at radius 2 is 1.77 bits per heavy atom. The fourth-order valence-corrected chi connectivity index (χ4v) is 3.71. The third-order valence-corrected chi connectivity index (χ3v) is 5.36. The molecular formula is C21H24N4O. The maximum Gasteiger partial charge on any atom is 0.251 e. The van der Waals surface area contributed by atoms with E-state index in [0.717, 1.165) is 36.8 Å². The normalized spacial score (nSPS) is 17.3. The molecule has 2 heterocycles. The number of hydrogen-bond acceptors (Lipinski definition) is 3. The average molecular weight is 348 g/mol. The lowest BCUT2D eigenvalue weighted by Gasteiger charge is -2.41. The molecule has 1 N–H and O–H groups in total. The molecule has 5 heteroatoms. The van der Waals surface area contributed by atoms with Crippen LogP contribution in [0.3, 0.4) is 0 Å². The number of nitrogens with zero attached hydrogens (tertiary/aromatic N) is 3. The molecule has 1 aromatic heterocycles. The molecule has 1 aliphatic rings. The fourth-order valence-electron chi connectivity index (χ4n) is 3.71. The maximum absolute atomic E-state index is 12.8. The number of carbonyl (C=O) groups excluding carboxylic acids is 1. The Hall–Kier alpha value is -2.66. The number of likely N-dealkylation sites (tertiary alicyclic amines) is 1. The van der Waals surface area contributed by atoms with Crippen molar-refractivity contribution in [3.05, 3.63) is 66.4 Å². The smallest absolute Gasteiger partial charge is 0.251 e. The van der Waals surface area contributed by atoms with Crippen molar-refractivity contribution in [2.75, 3.05) is 20.1 Å². The Kier molecular flexibility index (Phi) is 4.47. The van der Waals surface area contributed by atoms with Crippen molar-refractivity contribution in [2.45, 2.75) is 24.9 Å². The van der Waals surface area contributed by atoms with E-state index < -0.39 is 0 Å². The number of rotatable bonds is 4. The van der Waals surface area contributed by atoms with E-state index in [0.29, 0.717) is 12.1 Å². The number of amides is 1. The van der Waals surface area contributed by atoms with Crippen LogP contribution in [0, 0.1) is 0 Å². The van der Waals surface area contributed by atoms with Crippen molar-refractivity contribution in [3.8, 4) is 0 Å². The van der Waals surface area contributed by atoms with Crippen molar-refractivity contribution in [3.63, 3.8) is 0 Å². The lowest BCUT2D eigenvalue weighted by atomic mass is 9.87. The van der Waals surface area contributed by atoms with Gasteiger partial charge in [0, 0.05) is 24.0 Å². The molecule has 0 atom stereocenters. The van der Waals surface area contributed by atoms with Gasteiger partial charge < -0.3 is 10.2 Å². The quantitative estimate of drug-likeness (QED) is 0.789. The van der Waals surface area contributed by atoms with Gasteiger partial charge in [-0.25, -0.2) is 0 Å². The van der Waals surface area contributed by atoms with Crippen LogP contribution in [0.1, 0.15) is 23.2 Å².